The fourth-order valence-electron chi connectivity index (χ4n) is 3.97. The first-order chi connectivity index (χ1) is 15.2. The lowest BCUT2D eigenvalue weighted by Gasteiger charge is -2.34. The van der Waals surface area contributed by atoms with E-state index in [1.807, 2.05) is 0 Å². The second-order valence-corrected chi connectivity index (χ2v) is 8.01. The van der Waals surface area contributed by atoms with Crippen LogP contribution in [0.5, 0.6) is 0 Å². The average molecular weight is 463 g/mol. The molecule has 0 saturated heterocycles. The molecule has 5 nitrogen and oxygen atoms in total. The largest absolute Gasteiger partial charge is 0.427 e. The first kappa shape index (κ1) is 20.7. The molecule has 1 aliphatic rings. The molecule has 1 aliphatic heterocycles. The SMILES string of the molecule is OC(C1=NCC(Cl)c2cc[nH]c21)(c1ccc2c(cnn2-c2ccc(F)cc2)c1)C(F)(F)F. The fraction of sp³-hybridized carbons (Fsp3) is 0.182. The summed E-state index contributed by atoms with van der Waals surface area (Å²) in [6.07, 6.45) is -2.21. The summed E-state index contributed by atoms with van der Waals surface area (Å²) in [5, 5.41) is 15.1. The predicted molar refractivity (Wildman–Crippen MR) is 112 cm³/mol. The van der Waals surface area contributed by atoms with Crippen molar-refractivity contribution in [1.82, 2.24) is 14.8 Å². The van der Waals surface area contributed by atoms with Crippen LogP contribution in [-0.2, 0) is 5.60 Å². The van der Waals surface area contributed by atoms with Gasteiger partial charge in [0.1, 0.15) is 11.5 Å². The number of aromatic amines is 1. The maximum Gasteiger partial charge on any atom is 0.427 e. The molecular formula is C22H15ClF4N4O. The number of aliphatic hydroxyl groups is 1. The van der Waals surface area contributed by atoms with Crippen molar-refractivity contribution in [1.29, 1.82) is 0 Å². The zero-order chi connectivity index (χ0) is 22.7. The summed E-state index contributed by atoms with van der Waals surface area (Å²) >= 11 is 6.19. The van der Waals surface area contributed by atoms with Gasteiger partial charge in [-0.15, -0.1) is 11.6 Å². The highest BCUT2D eigenvalue weighted by atomic mass is 35.5. The highest BCUT2D eigenvalue weighted by Crippen LogP contribution is 2.45. The van der Waals surface area contributed by atoms with E-state index in [4.69, 9.17) is 11.6 Å². The first-order valence-electron chi connectivity index (χ1n) is 9.60. The van der Waals surface area contributed by atoms with Gasteiger partial charge in [-0.25, -0.2) is 9.07 Å². The van der Waals surface area contributed by atoms with E-state index in [1.165, 1.54) is 59.5 Å². The molecule has 0 saturated carbocycles. The van der Waals surface area contributed by atoms with Crippen molar-refractivity contribution in [3.05, 3.63) is 83.6 Å². The van der Waals surface area contributed by atoms with E-state index < -0.39 is 34.2 Å². The number of aliphatic imine (C=N–C) groups is 1. The number of aromatic nitrogens is 3. The van der Waals surface area contributed by atoms with Crippen molar-refractivity contribution in [3.63, 3.8) is 0 Å². The number of rotatable bonds is 3. The standard InChI is InChI=1S/C22H15ClF4N4O/c23-17-11-29-20(19-16(17)7-8-28-19)21(32,22(25,26)27)13-1-6-18-12(9-13)10-30-31(18)15-4-2-14(24)3-5-15/h1-10,17,28,32H,11H2. The number of alkyl halides is 4. The molecule has 2 aromatic carbocycles. The van der Waals surface area contributed by atoms with Crippen LogP contribution in [0.1, 0.15) is 22.2 Å². The molecule has 0 radical (unpaired) electrons. The van der Waals surface area contributed by atoms with Crippen molar-refractivity contribution in [2.45, 2.75) is 17.2 Å². The van der Waals surface area contributed by atoms with Crippen molar-refractivity contribution in [2.24, 2.45) is 4.99 Å². The zero-order valence-electron chi connectivity index (χ0n) is 16.2. The summed E-state index contributed by atoms with van der Waals surface area (Å²) in [5.74, 6) is -0.418. The molecule has 2 N–H and O–H groups in total. The first-order valence-corrected chi connectivity index (χ1v) is 10.0. The molecule has 0 amide bonds. The van der Waals surface area contributed by atoms with Crippen LogP contribution in [0.3, 0.4) is 0 Å². The van der Waals surface area contributed by atoms with Crippen molar-refractivity contribution in [2.75, 3.05) is 6.54 Å². The molecular weight excluding hydrogens is 448 g/mol. The minimum absolute atomic E-state index is 0.0539. The summed E-state index contributed by atoms with van der Waals surface area (Å²) in [6.45, 7) is -0.0924. The fourth-order valence-corrected chi connectivity index (χ4v) is 4.22. The van der Waals surface area contributed by atoms with Gasteiger partial charge in [0.25, 0.3) is 0 Å². The van der Waals surface area contributed by atoms with Crippen molar-refractivity contribution < 1.29 is 22.7 Å². The van der Waals surface area contributed by atoms with Crippen LogP contribution < -0.4 is 0 Å². The molecule has 164 valence electrons. The second-order valence-electron chi connectivity index (χ2n) is 7.48. The molecule has 10 heteroatoms. The van der Waals surface area contributed by atoms with Crippen LogP contribution in [0.2, 0.25) is 0 Å². The van der Waals surface area contributed by atoms with Crippen LogP contribution in [0, 0.1) is 5.82 Å². The van der Waals surface area contributed by atoms with Gasteiger partial charge in [-0.3, -0.25) is 4.99 Å². The molecule has 0 fully saturated rings. The Kier molecular flexibility index (Phi) is 4.65. The maximum absolute atomic E-state index is 14.3. The number of halogens is 5. The van der Waals surface area contributed by atoms with E-state index in [0.717, 1.165) is 0 Å². The van der Waals surface area contributed by atoms with E-state index in [1.54, 1.807) is 6.07 Å². The Morgan fingerprint density at radius 3 is 2.56 bits per heavy atom. The van der Waals surface area contributed by atoms with Gasteiger partial charge in [0.05, 0.1) is 35.0 Å². The number of hydrogen-bond donors (Lipinski definition) is 2. The van der Waals surface area contributed by atoms with Crippen molar-refractivity contribution in [3.8, 4) is 5.69 Å². The average Bonchev–Trinajstić information content (AvgIpc) is 3.41. The third kappa shape index (κ3) is 3.03. The summed E-state index contributed by atoms with van der Waals surface area (Å²) in [5.41, 5.74) is -2.76. The lowest BCUT2D eigenvalue weighted by atomic mass is 9.83. The Morgan fingerprint density at radius 2 is 1.84 bits per heavy atom. The Labute approximate surface area is 184 Å². The number of hydrogen-bond acceptors (Lipinski definition) is 3. The van der Waals surface area contributed by atoms with Crippen molar-refractivity contribution >= 4 is 28.2 Å². The van der Waals surface area contributed by atoms with E-state index in [9.17, 15) is 22.7 Å². The summed E-state index contributed by atoms with van der Waals surface area (Å²) < 4.78 is 57.7. The summed E-state index contributed by atoms with van der Waals surface area (Å²) in [6, 6.07) is 11.0. The molecule has 2 unspecified atom stereocenters. The summed E-state index contributed by atoms with van der Waals surface area (Å²) in [4.78, 5) is 6.74. The van der Waals surface area contributed by atoms with Crippen LogP contribution in [0.25, 0.3) is 16.6 Å². The highest BCUT2D eigenvalue weighted by Gasteiger charge is 2.60. The third-order valence-electron chi connectivity index (χ3n) is 5.57. The summed E-state index contributed by atoms with van der Waals surface area (Å²) in [7, 11) is 0. The molecule has 32 heavy (non-hydrogen) atoms. The number of fused-ring (bicyclic) bond motifs is 2. The molecule has 2 aromatic heterocycles. The minimum Gasteiger partial charge on any atom is -0.371 e. The molecule has 0 spiro atoms. The lowest BCUT2D eigenvalue weighted by Crippen LogP contribution is -2.50. The van der Waals surface area contributed by atoms with Gasteiger partial charge in [0.15, 0.2) is 0 Å². The van der Waals surface area contributed by atoms with Gasteiger partial charge in [-0.05, 0) is 53.6 Å². The van der Waals surface area contributed by atoms with Gasteiger partial charge in [0, 0.05) is 11.6 Å². The molecule has 4 aromatic rings. The second kappa shape index (κ2) is 7.18. The molecule has 0 aliphatic carbocycles. The maximum atomic E-state index is 14.3. The Balaban J connectivity index is 1.65. The number of nitrogens with zero attached hydrogens (tertiary/aromatic N) is 3. The third-order valence-corrected chi connectivity index (χ3v) is 5.95. The van der Waals surface area contributed by atoms with E-state index >= 15 is 0 Å². The normalized spacial score (nSPS) is 18.3. The number of nitrogens with one attached hydrogen (secondary N) is 1. The van der Waals surface area contributed by atoms with Crippen LogP contribution >= 0.6 is 11.6 Å². The van der Waals surface area contributed by atoms with Crippen LogP contribution in [-0.4, -0.2) is 38.3 Å². The number of benzene rings is 2. The molecule has 3 heterocycles. The van der Waals surface area contributed by atoms with Gasteiger partial charge in [-0.1, -0.05) is 6.07 Å². The zero-order valence-corrected chi connectivity index (χ0v) is 17.0. The molecule has 0 bridgehead atoms. The van der Waals surface area contributed by atoms with E-state index in [-0.39, 0.29) is 12.2 Å². The van der Waals surface area contributed by atoms with Gasteiger partial charge >= 0.3 is 6.18 Å². The Morgan fingerprint density at radius 1 is 1.09 bits per heavy atom. The van der Waals surface area contributed by atoms with Crippen LogP contribution in [0.15, 0.2) is 65.9 Å². The minimum atomic E-state index is -5.06. The number of H-pyrrole nitrogens is 1. The predicted octanol–water partition coefficient (Wildman–Crippen LogP) is 5.03. The Bertz CT molecular complexity index is 1340. The van der Waals surface area contributed by atoms with E-state index in [2.05, 4.69) is 15.1 Å². The van der Waals surface area contributed by atoms with Gasteiger partial charge < -0.3 is 10.1 Å². The highest BCUT2D eigenvalue weighted by molar-refractivity contribution is 6.23. The smallest absolute Gasteiger partial charge is 0.371 e. The Hall–Kier alpha value is -3.17. The van der Waals surface area contributed by atoms with Gasteiger partial charge in [0.2, 0.25) is 5.60 Å². The lowest BCUT2D eigenvalue weighted by molar-refractivity contribution is -0.235. The van der Waals surface area contributed by atoms with Gasteiger partial charge in [-0.2, -0.15) is 18.3 Å². The van der Waals surface area contributed by atoms with E-state index in [0.29, 0.717) is 22.2 Å². The molecule has 5 rings (SSSR count). The molecule has 2 atom stereocenters. The van der Waals surface area contributed by atoms with Crippen LogP contribution in [0.4, 0.5) is 17.6 Å². The topological polar surface area (TPSA) is 66.2 Å². The quantitative estimate of drug-likeness (QED) is 0.331. The monoisotopic (exact) mass is 462 g/mol.